The molecular weight excluding hydrogens is 274 g/mol. The molecule has 0 N–H and O–H groups in total. The average molecular weight is 294 g/mol. The van der Waals surface area contributed by atoms with Gasteiger partial charge in [0, 0.05) is 36.6 Å². The zero-order valence-electron chi connectivity index (χ0n) is 11.6. The van der Waals surface area contributed by atoms with Crippen molar-refractivity contribution in [2.24, 2.45) is 5.92 Å². The number of carbonyl (C=O) groups excluding carboxylic acids is 1. The van der Waals surface area contributed by atoms with E-state index in [0.717, 1.165) is 50.1 Å². The lowest BCUT2D eigenvalue weighted by Crippen LogP contribution is -2.37. The van der Waals surface area contributed by atoms with Crippen LogP contribution in [0.1, 0.15) is 35.2 Å². The molecule has 1 aromatic rings. The number of carbonyl (C=O) groups is 1. The molecule has 1 amide bonds. The Morgan fingerprint density at radius 1 is 1.25 bits per heavy atom. The van der Waals surface area contributed by atoms with E-state index in [1.165, 1.54) is 0 Å². The zero-order valence-corrected chi connectivity index (χ0v) is 12.3. The number of hydrogen-bond acceptors (Lipinski definition) is 2. The van der Waals surface area contributed by atoms with Crippen LogP contribution in [-0.4, -0.2) is 36.6 Å². The van der Waals surface area contributed by atoms with Gasteiger partial charge in [0.25, 0.3) is 5.91 Å². The molecule has 1 aromatic carbocycles. The van der Waals surface area contributed by atoms with Crippen molar-refractivity contribution >= 4 is 17.5 Å². The number of ether oxygens (including phenoxy) is 1. The van der Waals surface area contributed by atoms with E-state index in [9.17, 15) is 4.79 Å². The van der Waals surface area contributed by atoms with Gasteiger partial charge < -0.3 is 9.64 Å². The van der Waals surface area contributed by atoms with Gasteiger partial charge in [-0.2, -0.15) is 0 Å². The molecule has 1 aliphatic heterocycles. The van der Waals surface area contributed by atoms with E-state index >= 15 is 0 Å². The molecule has 0 bridgehead atoms. The Morgan fingerprint density at radius 3 is 2.55 bits per heavy atom. The van der Waals surface area contributed by atoms with Crippen molar-refractivity contribution in [2.45, 2.75) is 31.2 Å². The predicted octanol–water partition coefficient (Wildman–Crippen LogP) is 3.07. The lowest BCUT2D eigenvalue weighted by molar-refractivity contribution is 0.0706. The molecule has 1 heterocycles. The molecule has 108 valence electrons. The molecule has 3 rings (SSSR count). The topological polar surface area (TPSA) is 29.5 Å². The third-order valence-electron chi connectivity index (χ3n) is 4.08. The van der Waals surface area contributed by atoms with Crippen LogP contribution in [0.5, 0.6) is 0 Å². The summed E-state index contributed by atoms with van der Waals surface area (Å²) >= 11 is 5.79. The SMILES string of the molecule is O=C(c1ccc(CCl)cc1)N(CC1CCOC1)C1CC1. The summed E-state index contributed by atoms with van der Waals surface area (Å²) in [6.07, 6.45) is 3.35. The fraction of sp³-hybridized carbons (Fsp3) is 0.562. The number of hydrogen-bond donors (Lipinski definition) is 0. The van der Waals surface area contributed by atoms with Crippen molar-refractivity contribution in [3.8, 4) is 0 Å². The third kappa shape index (κ3) is 3.15. The molecule has 2 fully saturated rings. The molecule has 0 radical (unpaired) electrons. The summed E-state index contributed by atoms with van der Waals surface area (Å²) in [7, 11) is 0. The summed E-state index contributed by atoms with van der Waals surface area (Å²) in [5.41, 5.74) is 1.81. The van der Waals surface area contributed by atoms with Crippen LogP contribution in [0.4, 0.5) is 0 Å². The van der Waals surface area contributed by atoms with Gasteiger partial charge in [0.15, 0.2) is 0 Å². The zero-order chi connectivity index (χ0) is 13.9. The Hall–Kier alpha value is -1.06. The molecule has 1 unspecified atom stereocenters. The lowest BCUT2D eigenvalue weighted by atomic mass is 10.1. The Morgan fingerprint density at radius 2 is 2.00 bits per heavy atom. The van der Waals surface area contributed by atoms with Crippen LogP contribution < -0.4 is 0 Å². The maximum Gasteiger partial charge on any atom is 0.254 e. The van der Waals surface area contributed by atoms with Gasteiger partial charge in [-0.1, -0.05) is 12.1 Å². The smallest absolute Gasteiger partial charge is 0.254 e. The van der Waals surface area contributed by atoms with E-state index in [0.29, 0.717) is 17.8 Å². The molecule has 0 aromatic heterocycles. The van der Waals surface area contributed by atoms with Gasteiger partial charge >= 0.3 is 0 Å². The Bertz CT molecular complexity index is 464. The van der Waals surface area contributed by atoms with Gasteiger partial charge in [0.05, 0.1) is 6.61 Å². The van der Waals surface area contributed by atoms with Crippen molar-refractivity contribution in [1.29, 1.82) is 0 Å². The number of amides is 1. The second-order valence-corrected chi connectivity index (χ2v) is 6.02. The molecule has 20 heavy (non-hydrogen) atoms. The summed E-state index contributed by atoms with van der Waals surface area (Å²) < 4.78 is 5.42. The number of benzene rings is 1. The second kappa shape index (κ2) is 6.15. The summed E-state index contributed by atoms with van der Waals surface area (Å²) in [4.78, 5) is 14.7. The fourth-order valence-corrected chi connectivity index (χ4v) is 2.87. The van der Waals surface area contributed by atoms with E-state index < -0.39 is 0 Å². The minimum atomic E-state index is 0.153. The van der Waals surface area contributed by atoms with Crippen LogP contribution in [0.25, 0.3) is 0 Å². The Balaban J connectivity index is 1.70. The van der Waals surface area contributed by atoms with Crippen molar-refractivity contribution < 1.29 is 9.53 Å². The fourth-order valence-electron chi connectivity index (χ4n) is 2.69. The molecular formula is C16H20ClNO2. The Kier molecular flexibility index (Phi) is 4.27. The van der Waals surface area contributed by atoms with Crippen molar-refractivity contribution in [3.63, 3.8) is 0 Å². The van der Waals surface area contributed by atoms with E-state index in [4.69, 9.17) is 16.3 Å². The number of halogens is 1. The normalized spacial score (nSPS) is 21.9. The Labute approximate surface area is 124 Å². The highest BCUT2D eigenvalue weighted by Crippen LogP contribution is 2.30. The first-order valence-electron chi connectivity index (χ1n) is 7.31. The van der Waals surface area contributed by atoms with Crippen LogP contribution in [0, 0.1) is 5.92 Å². The first-order valence-corrected chi connectivity index (χ1v) is 7.85. The standard InChI is InChI=1S/C16H20ClNO2/c17-9-12-1-3-14(4-2-12)16(19)18(15-5-6-15)10-13-7-8-20-11-13/h1-4,13,15H,5-11H2. The van der Waals surface area contributed by atoms with Gasteiger partial charge in [-0.15, -0.1) is 11.6 Å². The largest absolute Gasteiger partial charge is 0.381 e. The molecule has 2 aliphatic rings. The molecule has 4 heteroatoms. The highest BCUT2D eigenvalue weighted by Gasteiger charge is 2.35. The van der Waals surface area contributed by atoms with Gasteiger partial charge in [-0.25, -0.2) is 0 Å². The number of nitrogens with zero attached hydrogens (tertiary/aromatic N) is 1. The first kappa shape index (κ1) is 13.9. The summed E-state index contributed by atoms with van der Waals surface area (Å²) in [6.45, 7) is 2.46. The quantitative estimate of drug-likeness (QED) is 0.781. The maximum absolute atomic E-state index is 12.7. The molecule has 0 spiro atoms. The van der Waals surface area contributed by atoms with Crippen LogP contribution in [0.15, 0.2) is 24.3 Å². The molecule has 1 atom stereocenters. The highest BCUT2D eigenvalue weighted by molar-refractivity contribution is 6.17. The molecule has 3 nitrogen and oxygen atoms in total. The summed E-state index contributed by atoms with van der Waals surface area (Å²) in [5, 5.41) is 0. The van der Waals surface area contributed by atoms with Crippen LogP contribution >= 0.6 is 11.6 Å². The van der Waals surface area contributed by atoms with E-state index in [1.807, 2.05) is 24.3 Å². The van der Waals surface area contributed by atoms with Crippen LogP contribution in [0.3, 0.4) is 0 Å². The molecule has 1 saturated heterocycles. The minimum Gasteiger partial charge on any atom is -0.381 e. The predicted molar refractivity (Wildman–Crippen MR) is 79.0 cm³/mol. The van der Waals surface area contributed by atoms with E-state index in [-0.39, 0.29) is 5.91 Å². The van der Waals surface area contributed by atoms with E-state index in [1.54, 1.807) is 0 Å². The first-order chi connectivity index (χ1) is 9.78. The van der Waals surface area contributed by atoms with Crippen molar-refractivity contribution in [2.75, 3.05) is 19.8 Å². The monoisotopic (exact) mass is 293 g/mol. The van der Waals surface area contributed by atoms with Gasteiger partial charge in [-0.05, 0) is 37.0 Å². The average Bonchev–Trinajstić information content (AvgIpc) is 3.21. The lowest BCUT2D eigenvalue weighted by Gasteiger charge is -2.25. The number of alkyl halides is 1. The van der Waals surface area contributed by atoms with E-state index in [2.05, 4.69) is 4.90 Å². The van der Waals surface area contributed by atoms with Crippen LogP contribution in [0.2, 0.25) is 0 Å². The highest BCUT2D eigenvalue weighted by atomic mass is 35.5. The van der Waals surface area contributed by atoms with Gasteiger partial charge in [0.1, 0.15) is 0 Å². The molecule has 1 aliphatic carbocycles. The van der Waals surface area contributed by atoms with Crippen molar-refractivity contribution in [3.05, 3.63) is 35.4 Å². The van der Waals surface area contributed by atoms with Gasteiger partial charge in [-0.3, -0.25) is 4.79 Å². The molecule has 1 saturated carbocycles. The number of rotatable bonds is 5. The van der Waals surface area contributed by atoms with Crippen LogP contribution in [-0.2, 0) is 10.6 Å². The third-order valence-corrected chi connectivity index (χ3v) is 4.39. The van der Waals surface area contributed by atoms with Gasteiger partial charge in [0.2, 0.25) is 0 Å². The maximum atomic E-state index is 12.7. The summed E-state index contributed by atoms with van der Waals surface area (Å²) in [6, 6.07) is 8.09. The minimum absolute atomic E-state index is 0.153. The second-order valence-electron chi connectivity index (χ2n) is 5.75. The summed E-state index contributed by atoms with van der Waals surface area (Å²) in [5.74, 6) is 1.14. The van der Waals surface area contributed by atoms with Crippen molar-refractivity contribution in [1.82, 2.24) is 4.90 Å².